The Kier molecular flexibility index (Phi) is 6.73. The Hall–Kier alpha value is -4.31. The SMILES string of the molecule is C#Cc1ccccc1C=O.CC1=NC23Cc4ccccc4C2=CC12CCCN2C3=O.CC1=NCC(=O)N2CCC[C@@H]12. The first-order chi connectivity index (χ1) is 19.8. The summed E-state index contributed by atoms with van der Waals surface area (Å²) in [6.45, 7) is 6.32. The van der Waals surface area contributed by atoms with Crippen molar-refractivity contribution < 1.29 is 14.4 Å². The average molecular weight is 547 g/mol. The zero-order valence-electron chi connectivity index (χ0n) is 23.6. The highest BCUT2D eigenvalue weighted by atomic mass is 16.2. The third-order valence-corrected chi connectivity index (χ3v) is 9.35. The second kappa shape index (κ2) is 10.3. The molecule has 0 radical (unpaired) electrons. The standard InChI is InChI=1S/C17H16N2O.C9H6O.C8H12N2O/c1-11-16-7-4-8-19(16)15(20)17(18-11)9-12-5-2-3-6-13(12)14(17)10-16;1-2-8-5-3-4-6-9(8)7-10;1-6-7-3-2-4-10(7)8(11)5-9-6/h2-3,5-6,10H,4,7-9H2,1H3;1,3-7H;7H,2-5H2,1H3/t;;7-/m..0/s1. The normalized spacial score (nSPS) is 27.9. The van der Waals surface area contributed by atoms with E-state index in [1.54, 1.807) is 18.2 Å². The van der Waals surface area contributed by atoms with Gasteiger partial charge in [-0.3, -0.25) is 24.4 Å². The van der Waals surface area contributed by atoms with Crippen molar-refractivity contribution in [1.29, 1.82) is 0 Å². The third-order valence-electron chi connectivity index (χ3n) is 9.35. The van der Waals surface area contributed by atoms with E-state index in [-0.39, 0.29) is 17.4 Å². The Morgan fingerprint density at radius 3 is 2.59 bits per heavy atom. The average Bonchev–Trinajstić information content (AvgIpc) is 3.73. The van der Waals surface area contributed by atoms with Crippen LogP contribution in [-0.2, 0) is 16.0 Å². The van der Waals surface area contributed by atoms with Crippen LogP contribution in [0, 0.1) is 12.3 Å². The van der Waals surface area contributed by atoms with E-state index in [9.17, 15) is 14.4 Å². The summed E-state index contributed by atoms with van der Waals surface area (Å²) in [5.41, 5.74) is 6.31. The smallest absolute Gasteiger partial charge is 0.256 e. The topological polar surface area (TPSA) is 82.4 Å². The highest BCUT2D eigenvalue weighted by Gasteiger charge is 2.63. The van der Waals surface area contributed by atoms with Gasteiger partial charge in [0.05, 0.1) is 11.6 Å². The Balaban J connectivity index is 0.000000123. The third kappa shape index (κ3) is 4.16. The van der Waals surface area contributed by atoms with Crippen LogP contribution in [0.15, 0.2) is 64.6 Å². The van der Waals surface area contributed by atoms with Crippen LogP contribution in [0.1, 0.15) is 66.6 Å². The minimum absolute atomic E-state index is 0.207. The highest BCUT2D eigenvalue weighted by Crippen LogP contribution is 2.55. The number of hydrogen-bond donors (Lipinski definition) is 0. The maximum atomic E-state index is 13.1. The predicted molar refractivity (Wildman–Crippen MR) is 160 cm³/mol. The van der Waals surface area contributed by atoms with Crippen molar-refractivity contribution in [2.24, 2.45) is 9.98 Å². The molecule has 7 aliphatic rings. The molecule has 2 aromatic carbocycles. The zero-order chi connectivity index (χ0) is 28.8. The van der Waals surface area contributed by atoms with Gasteiger partial charge in [0, 0.05) is 42.1 Å². The van der Waals surface area contributed by atoms with Crippen LogP contribution in [0.5, 0.6) is 0 Å². The Labute approximate surface area is 241 Å². The first-order valence-electron chi connectivity index (χ1n) is 14.4. The van der Waals surface area contributed by atoms with E-state index in [0.29, 0.717) is 23.7 Å². The van der Waals surface area contributed by atoms with Gasteiger partial charge in [0.25, 0.3) is 5.91 Å². The van der Waals surface area contributed by atoms with Crippen LogP contribution < -0.4 is 0 Å². The molecule has 2 bridgehead atoms. The maximum absolute atomic E-state index is 13.1. The summed E-state index contributed by atoms with van der Waals surface area (Å²) in [5.74, 6) is 2.85. The molecule has 2 unspecified atom stereocenters. The van der Waals surface area contributed by atoms with Gasteiger partial charge in [-0.2, -0.15) is 0 Å². The molecule has 3 atom stereocenters. The van der Waals surface area contributed by atoms with Crippen LogP contribution in [0.25, 0.3) is 5.57 Å². The minimum Gasteiger partial charge on any atom is -0.333 e. The number of nitrogens with zero attached hydrogens (tertiary/aromatic N) is 4. The summed E-state index contributed by atoms with van der Waals surface area (Å²) >= 11 is 0. The number of aliphatic imine (C=N–C) groups is 2. The molecule has 7 nitrogen and oxygen atoms in total. The number of rotatable bonds is 1. The molecule has 2 amide bonds. The van der Waals surface area contributed by atoms with Gasteiger partial charge in [0.1, 0.15) is 6.54 Å². The number of fused-ring (bicyclic) bond motifs is 2. The van der Waals surface area contributed by atoms with Gasteiger partial charge < -0.3 is 9.80 Å². The molecule has 2 fully saturated rings. The fourth-order valence-corrected chi connectivity index (χ4v) is 7.29. The van der Waals surface area contributed by atoms with Gasteiger partial charge in [-0.1, -0.05) is 48.4 Å². The van der Waals surface area contributed by atoms with Crippen molar-refractivity contribution in [3.63, 3.8) is 0 Å². The fraction of sp³-hybridized carbons (Fsp3) is 0.382. The zero-order valence-corrected chi connectivity index (χ0v) is 23.6. The second-order valence-corrected chi connectivity index (χ2v) is 11.5. The fourth-order valence-electron chi connectivity index (χ4n) is 7.29. The summed E-state index contributed by atoms with van der Waals surface area (Å²) in [7, 11) is 0. The monoisotopic (exact) mass is 546 g/mol. The first-order valence-corrected chi connectivity index (χ1v) is 14.4. The number of aldehydes is 1. The van der Waals surface area contributed by atoms with Crippen LogP contribution in [0.4, 0.5) is 0 Å². The van der Waals surface area contributed by atoms with Gasteiger partial charge in [0.15, 0.2) is 11.8 Å². The molecule has 2 aromatic rings. The van der Waals surface area contributed by atoms with E-state index in [4.69, 9.17) is 11.4 Å². The molecule has 1 aliphatic carbocycles. The lowest BCUT2D eigenvalue weighted by Crippen LogP contribution is -2.65. The maximum Gasteiger partial charge on any atom is 0.256 e. The number of amides is 2. The lowest BCUT2D eigenvalue weighted by Gasteiger charge is -2.50. The molecule has 2 saturated heterocycles. The van der Waals surface area contributed by atoms with Gasteiger partial charge in [0.2, 0.25) is 5.91 Å². The van der Waals surface area contributed by atoms with Crippen LogP contribution >= 0.6 is 0 Å². The molecule has 9 rings (SSSR count). The highest BCUT2D eigenvalue weighted by molar-refractivity contribution is 6.17. The number of benzene rings is 2. The summed E-state index contributed by atoms with van der Waals surface area (Å²) in [6, 6.07) is 15.8. The molecule has 2 spiro atoms. The number of hydrogen-bond acceptors (Lipinski definition) is 5. The van der Waals surface area contributed by atoms with E-state index >= 15 is 0 Å². The van der Waals surface area contributed by atoms with Crippen molar-refractivity contribution in [2.45, 2.75) is 63.1 Å². The number of dihydropyridines is 1. The van der Waals surface area contributed by atoms with E-state index in [1.807, 2.05) is 17.9 Å². The van der Waals surface area contributed by atoms with Gasteiger partial charge >= 0.3 is 0 Å². The van der Waals surface area contributed by atoms with Crippen molar-refractivity contribution in [3.05, 3.63) is 76.9 Å². The molecular formula is C34H34N4O3. The summed E-state index contributed by atoms with van der Waals surface area (Å²) in [5, 5.41) is 0. The van der Waals surface area contributed by atoms with E-state index in [2.05, 4.69) is 53.1 Å². The summed E-state index contributed by atoms with van der Waals surface area (Å²) in [4.78, 5) is 47.7. The van der Waals surface area contributed by atoms with Crippen LogP contribution in [0.3, 0.4) is 0 Å². The molecular weight excluding hydrogens is 512 g/mol. The van der Waals surface area contributed by atoms with Gasteiger partial charge in [-0.25, -0.2) is 0 Å². The molecule has 0 saturated carbocycles. The molecule has 208 valence electrons. The lowest BCUT2D eigenvalue weighted by atomic mass is 9.73. The minimum atomic E-state index is -0.639. The first kappa shape index (κ1) is 26.9. The number of carbonyl (C=O) groups is 3. The second-order valence-electron chi connectivity index (χ2n) is 11.5. The van der Waals surface area contributed by atoms with E-state index < -0.39 is 5.54 Å². The van der Waals surface area contributed by atoms with Crippen molar-refractivity contribution >= 4 is 35.1 Å². The van der Waals surface area contributed by atoms with E-state index in [1.165, 1.54) is 16.7 Å². The van der Waals surface area contributed by atoms with Crippen molar-refractivity contribution in [3.8, 4) is 12.3 Å². The Morgan fingerprint density at radius 2 is 1.83 bits per heavy atom. The Morgan fingerprint density at radius 1 is 1.05 bits per heavy atom. The van der Waals surface area contributed by atoms with E-state index in [0.717, 1.165) is 62.9 Å². The quantitative estimate of drug-likeness (QED) is 0.398. The van der Waals surface area contributed by atoms with Gasteiger partial charge in [-0.05, 0) is 68.4 Å². The van der Waals surface area contributed by atoms with Crippen molar-refractivity contribution in [1.82, 2.24) is 9.80 Å². The number of terminal acetylenes is 1. The summed E-state index contributed by atoms with van der Waals surface area (Å²) in [6.07, 6.45) is 13.3. The molecule has 7 heteroatoms. The van der Waals surface area contributed by atoms with Gasteiger partial charge in [-0.15, -0.1) is 6.42 Å². The Bertz CT molecular complexity index is 1580. The molecule has 6 aliphatic heterocycles. The molecule has 0 N–H and O–H groups in total. The molecule has 41 heavy (non-hydrogen) atoms. The molecule has 0 aromatic heterocycles. The number of carbonyl (C=O) groups excluding carboxylic acids is 3. The van der Waals surface area contributed by atoms with Crippen LogP contribution in [-0.4, -0.2) is 76.1 Å². The lowest BCUT2D eigenvalue weighted by molar-refractivity contribution is -0.137. The largest absolute Gasteiger partial charge is 0.333 e. The van der Waals surface area contributed by atoms with Crippen molar-refractivity contribution in [2.75, 3.05) is 19.6 Å². The summed E-state index contributed by atoms with van der Waals surface area (Å²) < 4.78 is 0. The molecule has 6 heterocycles. The predicted octanol–water partition coefficient (Wildman–Crippen LogP) is 4.15. The van der Waals surface area contributed by atoms with Crippen LogP contribution in [0.2, 0.25) is 0 Å².